The van der Waals surface area contributed by atoms with Gasteiger partial charge in [-0.2, -0.15) is 5.10 Å². The Kier molecular flexibility index (Phi) is 6.56. The Morgan fingerprint density at radius 3 is 2.66 bits per heavy atom. The van der Waals surface area contributed by atoms with E-state index in [9.17, 15) is 0 Å². The molecule has 1 unspecified atom stereocenters. The Hall–Kier alpha value is -2.83. The fourth-order valence-corrected chi connectivity index (χ4v) is 3.76. The van der Waals surface area contributed by atoms with Crippen LogP contribution in [0, 0.1) is 20.8 Å². The van der Waals surface area contributed by atoms with Crippen molar-refractivity contribution in [1.29, 1.82) is 0 Å². The van der Waals surface area contributed by atoms with Gasteiger partial charge in [-0.15, -0.1) is 0 Å². The van der Waals surface area contributed by atoms with Gasteiger partial charge in [0.1, 0.15) is 5.82 Å². The number of nitrogens with zero attached hydrogens (tertiary/aromatic N) is 5. The van der Waals surface area contributed by atoms with Gasteiger partial charge < -0.3 is 15.2 Å². The number of aryl methyl sites for hydroxylation is 3. The van der Waals surface area contributed by atoms with Gasteiger partial charge in [0.05, 0.1) is 23.3 Å². The number of hydrogen-bond donors (Lipinski definition) is 2. The van der Waals surface area contributed by atoms with Gasteiger partial charge in [0.25, 0.3) is 0 Å². The van der Waals surface area contributed by atoms with E-state index in [1.54, 1.807) is 0 Å². The van der Waals surface area contributed by atoms with E-state index < -0.39 is 0 Å². The average Bonchev–Trinajstić information content (AvgIpc) is 3.12. The quantitative estimate of drug-likeness (QED) is 0.477. The highest BCUT2D eigenvalue weighted by molar-refractivity contribution is 5.80. The number of aromatic nitrogens is 4. The zero-order chi connectivity index (χ0) is 21.0. The Morgan fingerprint density at radius 2 is 1.97 bits per heavy atom. The maximum atomic E-state index is 4.79. The molecule has 0 amide bonds. The van der Waals surface area contributed by atoms with Crippen LogP contribution in [0.25, 0.3) is 11.0 Å². The van der Waals surface area contributed by atoms with Crippen LogP contribution in [0.4, 0.5) is 0 Å². The number of guanidine groups is 1. The molecular weight excluding hydrogens is 362 g/mol. The number of aliphatic imine (C=N–C) groups is 1. The molecule has 29 heavy (non-hydrogen) atoms. The number of nitrogens with one attached hydrogen (secondary N) is 2. The highest BCUT2D eigenvalue weighted by Crippen LogP contribution is 2.15. The topological polar surface area (TPSA) is 72.1 Å². The smallest absolute Gasteiger partial charge is 0.191 e. The first-order valence-electron chi connectivity index (χ1n) is 10.4. The maximum absolute atomic E-state index is 4.79. The number of rotatable bonds is 7. The summed E-state index contributed by atoms with van der Waals surface area (Å²) in [6, 6.07) is 8.50. The second-order valence-electron chi connectivity index (χ2n) is 7.58. The van der Waals surface area contributed by atoms with Crippen LogP contribution in [0.3, 0.4) is 0 Å². The molecule has 2 heterocycles. The summed E-state index contributed by atoms with van der Waals surface area (Å²) in [5, 5.41) is 11.4. The summed E-state index contributed by atoms with van der Waals surface area (Å²) < 4.78 is 4.18. The number of benzene rings is 1. The van der Waals surface area contributed by atoms with Crippen molar-refractivity contribution < 1.29 is 0 Å². The SMILES string of the molecule is CCNC(=NCCn1c(C)nc2ccccc21)NC(C)Cc1c(C)nn(C)c1C. The fraction of sp³-hybridized carbons (Fsp3) is 0.500. The van der Waals surface area contributed by atoms with Crippen LogP contribution in [0.5, 0.6) is 0 Å². The predicted octanol–water partition coefficient (Wildman–Crippen LogP) is 2.88. The monoisotopic (exact) mass is 395 g/mol. The van der Waals surface area contributed by atoms with Crippen LogP contribution < -0.4 is 10.6 Å². The van der Waals surface area contributed by atoms with E-state index in [-0.39, 0.29) is 6.04 Å². The van der Waals surface area contributed by atoms with E-state index in [2.05, 4.69) is 71.2 Å². The van der Waals surface area contributed by atoms with Crippen molar-refractivity contribution in [3.05, 3.63) is 47.0 Å². The van der Waals surface area contributed by atoms with E-state index in [0.717, 1.165) is 48.0 Å². The lowest BCUT2D eigenvalue weighted by molar-refractivity contribution is 0.630. The number of hydrogen-bond acceptors (Lipinski definition) is 3. The van der Waals surface area contributed by atoms with E-state index in [1.165, 1.54) is 11.3 Å². The largest absolute Gasteiger partial charge is 0.357 e. The lowest BCUT2D eigenvalue weighted by atomic mass is 10.1. The molecule has 7 heteroatoms. The lowest BCUT2D eigenvalue weighted by Gasteiger charge is -2.18. The molecule has 0 saturated heterocycles. The predicted molar refractivity (Wildman–Crippen MR) is 119 cm³/mol. The summed E-state index contributed by atoms with van der Waals surface area (Å²) in [6.07, 6.45) is 0.918. The van der Waals surface area contributed by atoms with Gasteiger partial charge in [-0.25, -0.2) is 4.98 Å². The van der Waals surface area contributed by atoms with Crippen molar-refractivity contribution in [1.82, 2.24) is 30.0 Å². The molecule has 0 spiro atoms. The van der Waals surface area contributed by atoms with Crippen molar-refractivity contribution in [2.45, 2.75) is 53.6 Å². The Labute approximate surface area is 173 Å². The zero-order valence-corrected chi connectivity index (χ0v) is 18.5. The summed E-state index contributed by atoms with van der Waals surface area (Å²) in [5.41, 5.74) is 5.83. The molecule has 156 valence electrons. The van der Waals surface area contributed by atoms with Gasteiger partial charge in [-0.1, -0.05) is 12.1 Å². The van der Waals surface area contributed by atoms with Crippen molar-refractivity contribution in [2.24, 2.45) is 12.0 Å². The molecule has 0 aliphatic carbocycles. The van der Waals surface area contributed by atoms with E-state index in [0.29, 0.717) is 6.54 Å². The molecule has 0 radical (unpaired) electrons. The van der Waals surface area contributed by atoms with Gasteiger partial charge in [0.2, 0.25) is 0 Å². The summed E-state index contributed by atoms with van der Waals surface area (Å²) in [5.74, 6) is 1.87. The third kappa shape index (κ3) is 4.78. The van der Waals surface area contributed by atoms with Gasteiger partial charge >= 0.3 is 0 Å². The Balaban J connectivity index is 1.65. The first-order valence-corrected chi connectivity index (χ1v) is 10.4. The number of para-hydroxylation sites is 2. The third-order valence-corrected chi connectivity index (χ3v) is 5.34. The summed E-state index contributed by atoms with van der Waals surface area (Å²) in [7, 11) is 2.00. The van der Waals surface area contributed by atoms with Crippen LogP contribution in [0.15, 0.2) is 29.3 Å². The van der Waals surface area contributed by atoms with E-state index in [4.69, 9.17) is 4.99 Å². The minimum absolute atomic E-state index is 0.255. The molecule has 2 N–H and O–H groups in total. The van der Waals surface area contributed by atoms with Gasteiger partial charge in [-0.05, 0) is 58.7 Å². The van der Waals surface area contributed by atoms with Crippen molar-refractivity contribution in [3.8, 4) is 0 Å². The van der Waals surface area contributed by atoms with Gasteiger partial charge in [0, 0.05) is 31.9 Å². The molecule has 0 aliphatic rings. The van der Waals surface area contributed by atoms with E-state index >= 15 is 0 Å². The van der Waals surface area contributed by atoms with E-state index in [1.807, 2.05) is 24.7 Å². The normalized spacial score (nSPS) is 13.1. The van der Waals surface area contributed by atoms with Crippen LogP contribution in [-0.2, 0) is 20.0 Å². The van der Waals surface area contributed by atoms with Gasteiger partial charge in [0.15, 0.2) is 5.96 Å². The van der Waals surface area contributed by atoms with Crippen molar-refractivity contribution >= 4 is 17.0 Å². The Bertz CT molecular complexity index is 996. The Morgan fingerprint density at radius 1 is 1.21 bits per heavy atom. The summed E-state index contributed by atoms with van der Waals surface area (Å²) in [4.78, 5) is 9.43. The number of imidazole rings is 1. The molecule has 7 nitrogen and oxygen atoms in total. The second-order valence-corrected chi connectivity index (χ2v) is 7.58. The highest BCUT2D eigenvalue weighted by atomic mass is 15.3. The molecule has 3 rings (SSSR count). The van der Waals surface area contributed by atoms with Crippen LogP contribution in [0.2, 0.25) is 0 Å². The molecule has 2 aromatic heterocycles. The molecule has 1 atom stereocenters. The first kappa shape index (κ1) is 20.9. The molecule has 1 aromatic carbocycles. The zero-order valence-electron chi connectivity index (χ0n) is 18.5. The molecule has 0 saturated carbocycles. The molecule has 3 aromatic rings. The highest BCUT2D eigenvalue weighted by Gasteiger charge is 2.14. The molecular formula is C22H33N7. The average molecular weight is 396 g/mol. The number of fused-ring (bicyclic) bond motifs is 1. The minimum Gasteiger partial charge on any atom is -0.357 e. The van der Waals surface area contributed by atoms with Crippen LogP contribution in [-0.4, -0.2) is 44.4 Å². The minimum atomic E-state index is 0.255. The summed E-state index contributed by atoms with van der Waals surface area (Å²) >= 11 is 0. The van der Waals surface area contributed by atoms with Crippen LogP contribution >= 0.6 is 0 Å². The lowest BCUT2D eigenvalue weighted by Crippen LogP contribution is -2.43. The fourth-order valence-electron chi connectivity index (χ4n) is 3.76. The molecule has 0 aliphatic heterocycles. The first-order chi connectivity index (χ1) is 13.9. The summed E-state index contributed by atoms with van der Waals surface area (Å²) in [6.45, 7) is 12.8. The van der Waals surface area contributed by atoms with Gasteiger partial charge in [-0.3, -0.25) is 9.67 Å². The standard InChI is InChI=1S/C22H33N7/c1-7-23-22(25-15(2)14-19-16(3)27-28(6)17(19)4)24-12-13-29-18(5)26-20-10-8-9-11-21(20)29/h8-11,15H,7,12-14H2,1-6H3,(H2,23,24,25). The molecule has 0 fully saturated rings. The third-order valence-electron chi connectivity index (χ3n) is 5.34. The van der Waals surface area contributed by atoms with Crippen molar-refractivity contribution in [2.75, 3.05) is 13.1 Å². The maximum Gasteiger partial charge on any atom is 0.191 e. The van der Waals surface area contributed by atoms with Crippen LogP contribution in [0.1, 0.15) is 36.6 Å². The second kappa shape index (κ2) is 9.11. The van der Waals surface area contributed by atoms with Crippen molar-refractivity contribution in [3.63, 3.8) is 0 Å². The molecule has 0 bridgehead atoms.